The highest BCUT2D eigenvalue weighted by Crippen LogP contribution is 2.50. The maximum absolute atomic E-state index is 3.57. The Balaban J connectivity index is 1.76. The van der Waals surface area contributed by atoms with Crippen LogP contribution in [0.3, 0.4) is 0 Å². The van der Waals surface area contributed by atoms with Crippen molar-refractivity contribution in [3.63, 3.8) is 0 Å². The van der Waals surface area contributed by atoms with Gasteiger partial charge in [-0.25, -0.2) is 0 Å². The number of hydrogen-bond donors (Lipinski definition) is 1. The van der Waals surface area contributed by atoms with Gasteiger partial charge in [-0.15, -0.1) is 0 Å². The van der Waals surface area contributed by atoms with Crippen molar-refractivity contribution >= 4 is 0 Å². The SMILES string of the molecule is C1CCC2C(C1)CC1CNCCC12. The smallest absolute Gasteiger partial charge is 0.00176 e. The van der Waals surface area contributed by atoms with Gasteiger partial charge in [0.05, 0.1) is 0 Å². The maximum Gasteiger partial charge on any atom is -0.00176 e. The lowest BCUT2D eigenvalue weighted by Crippen LogP contribution is -2.35. The van der Waals surface area contributed by atoms with Crippen molar-refractivity contribution in [2.45, 2.75) is 38.5 Å². The lowest BCUT2D eigenvalue weighted by atomic mass is 9.76. The summed E-state index contributed by atoms with van der Waals surface area (Å²) in [6, 6.07) is 0. The molecule has 0 aromatic carbocycles. The van der Waals surface area contributed by atoms with Crippen molar-refractivity contribution in [1.29, 1.82) is 0 Å². The Bertz CT molecular complexity index is 170. The highest BCUT2D eigenvalue weighted by Gasteiger charge is 2.44. The monoisotopic (exact) mass is 179 g/mol. The van der Waals surface area contributed by atoms with E-state index in [2.05, 4.69) is 5.32 Å². The molecule has 74 valence electrons. The summed E-state index contributed by atoms with van der Waals surface area (Å²) in [5.74, 6) is 4.44. The predicted octanol–water partition coefficient (Wildman–Crippen LogP) is 2.42. The molecule has 1 N–H and O–H groups in total. The van der Waals surface area contributed by atoms with E-state index in [0.717, 1.165) is 23.7 Å². The van der Waals surface area contributed by atoms with Crippen LogP contribution in [-0.2, 0) is 0 Å². The van der Waals surface area contributed by atoms with Crippen molar-refractivity contribution in [2.24, 2.45) is 23.7 Å². The van der Waals surface area contributed by atoms with Crippen LogP contribution in [0.2, 0.25) is 0 Å². The zero-order valence-corrected chi connectivity index (χ0v) is 8.47. The number of rotatable bonds is 0. The van der Waals surface area contributed by atoms with Gasteiger partial charge in [0.2, 0.25) is 0 Å². The summed E-state index contributed by atoms with van der Waals surface area (Å²) < 4.78 is 0. The summed E-state index contributed by atoms with van der Waals surface area (Å²) in [5, 5.41) is 3.57. The fourth-order valence-electron chi connectivity index (χ4n) is 4.25. The van der Waals surface area contributed by atoms with E-state index in [4.69, 9.17) is 0 Å². The van der Waals surface area contributed by atoms with Crippen LogP contribution < -0.4 is 5.32 Å². The molecule has 0 radical (unpaired) electrons. The number of piperidine rings is 1. The van der Waals surface area contributed by atoms with Gasteiger partial charge in [0.25, 0.3) is 0 Å². The molecule has 0 amide bonds. The number of hydrogen-bond acceptors (Lipinski definition) is 1. The molecule has 4 unspecified atom stereocenters. The van der Waals surface area contributed by atoms with Gasteiger partial charge in [0, 0.05) is 0 Å². The van der Waals surface area contributed by atoms with E-state index >= 15 is 0 Å². The van der Waals surface area contributed by atoms with Crippen LogP contribution in [0.5, 0.6) is 0 Å². The minimum atomic E-state index is 1.06. The average molecular weight is 179 g/mol. The Morgan fingerprint density at radius 1 is 0.846 bits per heavy atom. The Morgan fingerprint density at radius 3 is 2.69 bits per heavy atom. The third-order valence-corrected chi connectivity index (χ3v) is 4.79. The third kappa shape index (κ3) is 1.32. The molecule has 0 spiro atoms. The molecule has 3 rings (SSSR count). The molecule has 2 saturated carbocycles. The molecule has 4 atom stereocenters. The van der Waals surface area contributed by atoms with Crippen LogP contribution in [0.15, 0.2) is 0 Å². The summed E-state index contributed by atoms with van der Waals surface area (Å²) in [6.07, 6.45) is 9.20. The van der Waals surface area contributed by atoms with Crippen molar-refractivity contribution in [3.8, 4) is 0 Å². The summed E-state index contributed by atoms with van der Waals surface area (Å²) in [5.41, 5.74) is 0. The minimum Gasteiger partial charge on any atom is -0.316 e. The molecule has 1 heteroatoms. The number of fused-ring (bicyclic) bond motifs is 3. The summed E-state index contributed by atoms with van der Waals surface area (Å²) in [6.45, 7) is 2.63. The second-order valence-electron chi connectivity index (χ2n) is 5.36. The molecule has 2 aliphatic carbocycles. The summed E-state index contributed by atoms with van der Waals surface area (Å²) >= 11 is 0. The van der Waals surface area contributed by atoms with E-state index in [1.165, 1.54) is 32.4 Å². The lowest BCUT2D eigenvalue weighted by Gasteiger charge is -2.32. The van der Waals surface area contributed by atoms with Crippen molar-refractivity contribution < 1.29 is 0 Å². The van der Waals surface area contributed by atoms with Crippen LogP contribution in [0.25, 0.3) is 0 Å². The fourth-order valence-corrected chi connectivity index (χ4v) is 4.25. The van der Waals surface area contributed by atoms with Crippen LogP contribution in [-0.4, -0.2) is 13.1 Å². The van der Waals surface area contributed by atoms with Crippen molar-refractivity contribution in [3.05, 3.63) is 0 Å². The topological polar surface area (TPSA) is 12.0 Å². The van der Waals surface area contributed by atoms with Gasteiger partial charge in [0.1, 0.15) is 0 Å². The van der Waals surface area contributed by atoms with Crippen LogP contribution in [0.4, 0.5) is 0 Å². The van der Waals surface area contributed by atoms with Gasteiger partial charge in [-0.3, -0.25) is 0 Å². The Labute approximate surface area is 81.3 Å². The van der Waals surface area contributed by atoms with Gasteiger partial charge in [-0.2, -0.15) is 0 Å². The molecule has 1 aliphatic heterocycles. The van der Waals surface area contributed by atoms with E-state index in [1.807, 2.05) is 0 Å². The van der Waals surface area contributed by atoms with E-state index in [0.29, 0.717) is 0 Å². The zero-order chi connectivity index (χ0) is 8.67. The molecule has 1 saturated heterocycles. The minimum absolute atomic E-state index is 1.06. The molecular weight excluding hydrogens is 158 g/mol. The molecule has 1 nitrogen and oxygen atoms in total. The van der Waals surface area contributed by atoms with Gasteiger partial charge < -0.3 is 5.32 Å². The Hall–Kier alpha value is -0.0400. The first-order valence-corrected chi connectivity index (χ1v) is 6.16. The molecule has 0 aromatic heterocycles. The number of nitrogens with one attached hydrogen (secondary N) is 1. The normalized spacial score (nSPS) is 49.8. The largest absolute Gasteiger partial charge is 0.316 e. The van der Waals surface area contributed by atoms with E-state index in [9.17, 15) is 0 Å². The predicted molar refractivity (Wildman–Crippen MR) is 54.5 cm³/mol. The lowest BCUT2D eigenvalue weighted by molar-refractivity contribution is 0.191. The average Bonchev–Trinajstić information content (AvgIpc) is 2.56. The molecule has 3 aliphatic rings. The third-order valence-electron chi connectivity index (χ3n) is 4.79. The van der Waals surface area contributed by atoms with Crippen molar-refractivity contribution in [1.82, 2.24) is 5.32 Å². The molecule has 0 bridgehead atoms. The van der Waals surface area contributed by atoms with Crippen LogP contribution in [0, 0.1) is 23.7 Å². The fraction of sp³-hybridized carbons (Fsp3) is 1.00. The Kier molecular flexibility index (Phi) is 2.08. The summed E-state index contributed by atoms with van der Waals surface area (Å²) in [7, 11) is 0. The first-order chi connectivity index (χ1) is 6.45. The molecular formula is C12H21N. The van der Waals surface area contributed by atoms with Crippen LogP contribution >= 0.6 is 0 Å². The Morgan fingerprint density at radius 2 is 1.69 bits per heavy atom. The van der Waals surface area contributed by atoms with Crippen LogP contribution in [0.1, 0.15) is 38.5 Å². The van der Waals surface area contributed by atoms with Gasteiger partial charge in [-0.1, -0.05) is 19.3 Å². The highest BCUT2D eigenvalue weighted by atomic mass is 14.9. The first-order valence-electron chi connectivity index (χ1n) is 6.16. The summed E-state index contributed by atoms with van der Waals surface area (Å²) in [4.78, 5) is 0. The van der Waals surface area contributed by atoms with E-state index < -0.39 is 0 Å². The second kappa shape index (κ2) is 3.27. The standard InChI is InChI=1S/C12H21N/c1-2-4-11-9(3-1)7-10-8-13-6-5-12(10)11/h9-13H,1-8H2. The van der Waals surface area contributed by atoms with Gasteiger partial charge in [0.15, 0.2) is 0 Å². The van der Waals surface area contributed by atoms with E-state index in [-0.39, 0.29) is 0 Å². The molecule has 0 aromatic rings. The zero-order valence-electron chi connectivity index (χ0n) is 8.47. The van der Waals surface area contributed by atoms with Crippen molar-refractivity contribution in [2.75, 3.05) is 13.1 Å². The first kappa shape index (κ1) is 8.28. The maximum atomic E-state index is 3.57. The second-order valence-corrected chi connectivity index (χ2v) is 5.36. The molecule has 13 heavy (non-hydrogen) atoms. The van der Waals surface area contributed by atoms with Gasteiger partial charge >= 0.3 is 0 Å². The van der Waals surface area contributed by atoms with E-state index in [1.54, 1.807) is 19.3 Å². The highest BCUT2D eigenvalue weighted by molar-refractivity contribution is 4.95. The molecule has 1 heterocycles. The van der Waals surface area contributed by atoms with Gasteiger partial charge in [-0.05, 0) is 56.0 Å². The quantitative estimate of drug-likeness (QED) is 0.602. The molecule has 3 fully saturated rings.